The molecule has 0 bridgehead atoms. The zero-order valence-electron chi connectivity index (χ0n) is 9.35. The van der Waals surface area contributed by atoms with Crippen molar-refractivity contribution < 1.29 is 9.90 Å². The first kappa shape index (κ1) is 11.6. The maximum atomic E-state index is 11.4. The van der Waals surface area contributed by atoms with Crippen molar-refractivity contribution in [1.82, 2.24) is 9.97 Å². The fourth-order valence-corrected chi connectivity index (χ4v) is 2.19. The first-order valence-corrected chi connectivity index (χ1v) is 5.70. The second-order valence-corrected chi connectivity index (χ2v) is 4.31. The largest absolute Gasteiger partial charge is 0.481 e. The normalized spacial score (nSPS) is 24.2. The second kappa shape index (κ2) is 4.99. The Morgan fingerprint density at radius 3 is 3.06 bits per heavy atom. The van der Waals surface area contributed by atoms with Crippen LogP contribution in [-0.2, 0) is 4.79 Å². The molecule has 6 heteroatoms. The van der Waals surface area contributed by atoms with Crippen molar-refractivity contribution in [2.45, 2.75) is 31.7 Å². The number of anilines is 1. The number of rotatable bonds is 3. The highest BCUT2D eigenvalue weighted by Gasteiger charge is 2.27. The van der Waals surface area contributed by atoms with Gasteiger partial charge in [-0.25, -0.2) is 4.98 Å². The SMILES string of the molecule is O=C(O)C1CCCC(Nc2ncc[nH]c2=O)C1. The molecule has 1 fully saturated rings. The number of aliphatic carboxylic acids is 1. The summed E-state index contributed by atoms with van der Waals surface area (Å²) in [4.78, 5) is 28.8. The van der Waals surface area contributed by atoms with Crippen molar-refractivity contribution in [2.75, 3.05) is 5.32 Å². The molecule has 2 rings (SSSR count). The quantitative estimate of drug-likeness (QED) is 0.723. The van der Waals surface area contributed by atoms with E-state index in [1.807, 2.05) is 0 Å². The van der Waals surface area contributed by atoms with Gasteiger partial charge in [-0.15, -0.1) is 0 Å². The molecule has 1 saturated carbocycles. The fourth-order valence-electron chi connectivity index (χ4n) is 2.19. The van der Waals surface area contributed by atoms with Crippen LogP contribution in [0.25, 0.3) is 0 Å². The Balaban J connectivity index is 2.02. The van der Waals surface area contributed by atoms with Crippen LogP contribution in [-0.4, -0.2) is 27.1 Å². The lowest BCUT2D eigenvalue weighted by molar-refractivity contribution is -0.142. The molecule has 6 nitrogen and oxygen atoms in total. The average molecular weight is 237 g/mol. The number of carboxylic acid groups (broad SMARTS) is 1. The molecule has 0 saturated heterocycles. The highest BCUT2D eigenvalue weighted by atomic mass is 16.4. The Hall–Kier alpha value is -1.85. The van der Waals surface area contributed by atoms with E-state index < -0.39 is 5.97 Å². The summed E-state index contributed by atoms with van der Waals surface area (Å²) in [5.41, 5.74) is -0.273. The minimum absolute atomic E-state index is 0.0147. The highest BCUT2D eigenvalue weighted by Crippen LogP contribution is 2.25. The number of carboxylic acids is 1. The van der Waals surface area contributed by atoms with Crippen molar-refractivity contribution >= 4 is 11.8 Å². The monoisotopic (exact) mass is 237 g/mol. The molecule has 17 heavy (non-hydrogen) atoms. The van der Waals surface area contributed by atoms with Gasteiger partial charge >= 0.3 is 5.97 Å². The van der Waals surface area contributed by atoms with Crippen LogP contribution in [0.15, 0.2) is 17.2 Å². The van der Waals surface area contributed by atoms with Crippen molar-refractivity contribution in [3.63, 3.8) is 0 Å². The van der Waals surface area contributed by atoms with E-state index in [0.717, 1.165) is 12.8 Å². The summed E-state index contributed by atoms with van der Waals surface area (Å²) in [6.07, 6.45) is 5.96. The summed E-state index contributed by atoms with van der Waals surface area (Å²) in [5, 5.41) is 12.0. The smallest absolute Gasteiger partial charge is 0.306 e. The Morgan fingerprint density at radius 2 is 2.35 bits per heavy atom. The molecule has 92 valence electrons. The third-order valence-corrected chi connectivity index (χ3v) is 3.07. The fraction of sp³-hybridized carbons (Fsp3) is 0.545. The molecule has 2 unspecified atom stereocenters. The van der Waals surface area contributed by atoms with E-state index in [1.165, 1.54) is 12.4 Å². The summed E-state index contributed by atoms with van der Waals surface area (Å²) in [6.45, 7) is 0. The van der Waals surface area contributed by atoms with E-state index in [9.17, 15) is 9.59 Å². The van der Waals surface area contributed by atoms with Gasteiger partial charge in [0, 0.05) is 18.4 Å². The van der Waals surface area contributed by atoms with Crippen LogP contribution >= 0.6 is 0 Å². The van der Waals surface area contributed by atoms with Crippen molar-refractivity contribution in [1.29, 1.82) is 0 Å². The molecule has 3 N–H and O–H groups in total. The standard InChI is InChI=1S/C11H15N3O3/c15-10-9(12-4-5-13-10)14-8-3-1-2-7(6-8)11(16)17/h4-5,7-8H,1-3,6H2,(H,12,14)(H,13,15)(H,16,17). The van der Waals surface area contributed by atoms with Gasteiger partial charge in [-0.05, 0) is 19.3 Å². The third kappa shape index (κ3) is 2.83. The van der Waals surface area contributed by atoms with Crippen LogP contribution in [0.3, 0.4) is 0 Å². The molecule has 1 aliphatic carbocycles. The first-order valence-electron chi connectivity index (χ1n) is 5.70. The molecule has 1 aliphatic rings. The lowest BCUT2D eigenvalue weighted by atomic mass is 9.86. The van der Waals surface area contributed by atoms with Gasteiger partial charge in [0.25, 0.3) is 5.56 Å². The maximum absolute atomic E-state index is 11.4. The van der Waals surface area contributed by atoms with E-state index >= 15 is 0 Å². The number of nitrogens with one attached hydrogen (secondary N) is 2. The number of hydrogen-bond donors (Lipinski definition) is 3. The van der Waals surface area contributed by atoms with Gasteiger partial charge in [-0.2, -0.15) is 0 Å². The summed E-state index contributed by atoms with van der Waals surface area (Å²) in [5.74, 6) is -0.806. The van der Waals surface area contributed by atoms with Gasteiger partial charge in [0.05, 0.1) is 5.92 Å². The number of H-pyrrole nitrogens is 1. The van der Waals surface area contributed by atoms with Crippen LogP contribution in [0.4, 0.5) is 5.82 Å². The molecular formula is C11H15N3O3. The molecule has 0 spiro atoms. The zero-order chi connectivity index (χ0) is 12.3. The van der Waals surface area contributed by atoms with Crippen molar-refractivity contribution in [3.05, 3.63) is 22.7 Å². The second-order valence-electron chi connectivity index (χ2n) is 4.31. The van der Waals surface area contributed by atoms with Crippen LogP contribution < -0.4 is 10.9 Å². The predicted molar refractivity (Wildman–Crippen MR) is 61.9 cm³/mol. The van der Waals surface area contributed by atoms with Crippen molar-refractivity contribution in [3.8, 4) is 0 Å². The Bertz CT molecular complexity index is 457. The van der Waals surface area contributed by atoms with Gasteiger partial charge in [-0.3, -0.25) is 9.59 Å². The molecular weight excluding hydrogens is 222 g/mol. The lowest BCUT2D eigenvalue weighted by Crippen LogP contribution is -2.33. The number of carbonyl (C=O) groups is 1. The molecule has 0 aliphatic heterocycles. The summed E-state index contributed by atoms with van der Waals surface area (Å²) in [6, 6.07) is 0.0147. The molecule has 1 aromatic heterocycles. The Kier molecular flexibility index (Phi) is 3.41. The Labute approximate surface area is 98.1 Å². The zero-order valence-corrected chi connectivity index (χ0v) is 9.35. The van der Waals surface area contributed by atoms with Crippen LogP contribution in [0.1, 0.15) is 25.7 Å². The molecule has 1 aromatic rings. The maximum Gasteiger partial charge on any atom is 0.306 e. The summed E-state index contributed by atoms with van der Waals surface area (Å²) in [7, 11) is 0. The lowest BCUT2D eigenvalue weighted by Gasteiger charge is -2.27. The number of hydrogen-bond acceptors (Lipinski definition) is 4. The summed E-state index contributed by atoms with van der Waals surface area (Å²) >= 11 is 0. The first-order chi connectivity index (χ1) is 8.16. The Morgan fingerprint density at radius 1 is 1.53 bits per heavy atom. The van der Waals surface area contributed by atoms with E-state index in [-0.39, 0.29) is 23.3 Å². The molecule has 0 amide bonds. The van der Waals surface area contributed by atoms with Crippen LogP contribution in [0.2, 0.25) is 0 Å². The van der Waals surface area contributed by atoms with Crippen LogP contribution in [0.5, 0.6) is 0 Å². The van der Waals surface area contributed by atoms with Crippen LogP contribution in [0, 0.1) is 5.92 Å². The molecule has 1 heterocycles. The minimum Gasteiger partial charge on any atom is -0.481 e. The third-order valence-electron chi connectivity index (χ3n) is 3.07. The molecule has 2 atom stereocenters. The average Bonchev–Trinajstić information content (AvgIpc) is 2.32. The van der Waals surface area contributed by atoms with Gasteiger partial charge in [0.1, 0.15) is 0 Å². The van der Waals surface area contributed by atoms with Gasteiger partial charge in [0.15, 0.2) is 5.82 Å². The van der Waals surface area contributed by atoms with Gasteiger partial charge in [0.2, 0.25) is 0 Å². The molecule has 0 aromatic carbocycles. The summed E-state index contributed by atoms with van der Waals surface area (Å²) < 4.78 is 0. The van der Waals surface area contributed by atoms with E-state index in [2.05, 4.69) is 15.3 Å². The molecule has 0 radical (unpaired) electrons. The van der Waals surface area contributed by atoms with E-state index in [0.29, 0.717) is 12.8 Å². The highest BCUT2D eigenvalue weighted by molar-refractivity contribution is 5.70. The van der Waals surface area contributed by atoms with E-state index in [1.54, 1.807) is 0 Å². The van der Waals surface area contributed by atoms with E-state index in [4.69, 9.17) is 5.11 Å². The topological polar surface area (TPSA) is 95.1 Å². The minimum atomic E-state index is -0.758. The van der Waals surface area contributed by atoms with Gasteiger partial charge in [-0.1, -0.05) is 6.42 Å². The van der Waals surface area contributed by atoms with Crippen molar-refractivity contribution in [2.24, 2.45) is 5.92 Å². The number of nitrogens with zero attached hydrogens (tertiary/aromatic N) is 1. The predicted octanol–water partition coefficient (Wildman–Crippen LogP) is 0.825. The van der Waals surface area contributed by atoms with Gasteiger partial charge < -0.3 is 15.4 Å². The number of aromatic amines is 1. The number of aromatic nitrogens is 2.